The zero-order valence-electron chi connectivity index (χ0n) is 12.4. The molecule has 0 spiro atoms. The van der Waals surface area contributed by atoms with Crippen LogP contribution in [0.15, 0.2) is 42.6 Å². The topological polar surface area (TPSA) is 72.9 Å². The lowest BCUT2D eigenvalue weighted by molar-refractivity contribution is 0.100. The highest BCUT2D eigenvalue weighted by molar-refractivity contribution is 6.04. The molecule has 0 aliphatic heterocycles. The highest BCUT2D eigenvalue weighted by atomic mass is 35.5. The first-order valence-electron chi connectivity index (χ1n) is 6.81. The molecule has 1 aromatic heterocycles. The largest absolute Gasteiger partial charge is 0.366 e. The van der Waals surface area contributed by atoms with Crippen molar-refractivity contribution in [3.8, 4) is 5.69 Å². The summed E-state index contributed by atoms with van der Waals surface area (Å²) >= 11 is 0. The Morgan fingerprint density at radius 3 is 2.61 bits per heavy atom. The molecule has 3 N–H and O–H groups in total. The fourth-order valence-corrected chi connectivity index (χ4v) is 2.39. The average molecular weight is 335 g/mol. The van der Waals surface area contributed by atoms with Crippen LogP contribution >= 0.6 is 12.4 Å². The van der Waals surface area contributed by atoms with E-state index in [0.717, 1.165) is 23.9 Å². The summed E-state index contributed by atoms with van der Waals surface area (Å²) in [5, 5.41) is 7.97. The maximum Gasteiger partial charge on any atom is 0.251 e. The number of nitrogens with two attached hydrogens (primary N) is 1. The number of carbonyl (C=O) groups is 1. The molecule has 0 unspecified atom stereocenters. The number of amides is 1. The van der Waals surface area contributed by atoms with Gasteiger partial charge in [0.1, 0.15) is 11.3 Å². The molecule has 1 heterocycles. The van der Waals surface area contributed by atoms with E-state index < -0.39 is 11.7 Å². The minimum Gasteiger partial charge on any atom is -0.366 e. The Labute approximate surface area is 138 Å². The summed E-state index contributed by atoms with van der Waals surface area (Å²) in [5.74, 6) is -1.20. The van der Waals surface area contributed by atoms with Gasteiger partial charge in [-0.05, 0) is 36.9 Å². The number of nitrogens with one attached hydrogen (secondary N) is 1. The number of carbonyl (C=O) groups excluding carboxylic acids is 1. The Balaban J connectivity index is 0.00000192. The minimum absolute atomic E-state index is 0. The predicted octanol–water partition coefficient (Wildman–Crippen LogP) is 2.40. The first-order chi connectivity index (χ1) is 10.6. The van der Waals surface area contributed by atoms with Crippen molar-refractivity contribution >= 4 is 29.2 Å². The molecule has 3 aromatic rings. The SMILES string of the molecule is CNCc1ccc(-n2cc3cc(F)cc(C(N)=O)c3n2)cc1.Cl. The van der Waals surface area contributed by atoms with E-state index in [1.165, 1.54) is 6.07 Å². The number of rotatable bonds is 4. The molecule has 0 bridgehead atoms. The summed E-state index contributed by atoms with van der Waals surface area (Å²) < 4.78 is 15.2. The van der Waals surface area contributed by atoms with E-state index in [0.29, 0.717) is 10.9 Å². The quantitative estimate of drug-likeness (QED) is 0.769. The van der Waals surface area contributed by atoms with Crippen molar-refractivity contribution in [3.05, 3.63) is 59.5 Å². The summed E-state index contributed by atoms with van der Waals surface area (Å²) in [4.78, 5) is 11.4. The van der Waals surface area contributed by atoms with Crippen LogP contribution in [0.5, 0.6) is 0 Å². The number of benzene rings is 2. The van der Waals surface area contributed by atoms with Gasteiger partial charge < -0.3 is 11.1 Å². The Morgan fingerprint density at radius 2 is 2.00 bits per heavy atom. The van der Waals surface area contributed by atoms with Crippen molar-refractivity contribution in [3.63, 3.8) is 0 Å². The van der Waals surface area contributed by atoms with Gasteiger partial charge in [0.15, 0.2) is 0 Å². The van der Waals surface area contributed by atoms with Crippen molar-refractivity contribution in [1.82, 2.24) is 15.1 Å². The van der Waals surface area contributed by atoms with Crippen molar-refractivity contribution in [2.45, 2.75) is 6.54 Å². The highest BCUT2D eigenvalue weighted by Gasteiger charge is 2.13. The molecule has 0 radical (unpaired) electrons. The second-order valence-electron chi connectivity index (χ2n) is 5.03. The van der Waals surface area contributed by atoms with Gasteiger partial charge in [-0.25, -0.2) is 9.07 Å². The first kappa shape index (κ1) is 16.9. The van der Waals surface area contributed by atoms with Crippen molar-refractivity contribution < 1.29 is 9.18 Å². The number of aromatic nitrogens is 2. The molecule has 0 fully saturated rings. The molecule has 23 heavy (non-hydrogen) atoms. The second kappa shape index (κ2) is 6.76. The third kappa shape index (κ3) is 3.33. The van der Waals surface area contributed by atoms with E-state index >= 15 is 0 Å². The number of nitrogens with zero attached hydrogens (tertiary/aromatic N) is 2. The van der Waals surface area contributed by atoms with Gasteiger partial charge in [-0.2, -0.15) is 5.10 Å². The Morgan fingerprint density at radius 1 is 1.30 bits per heavy atom. The van der Waals surface area contributed by atoms with Crippen LogP contribution < -0.4 is 11.1 Å². The summed E-state index contributed by atoms with van der Waals surface area (Å²) in [6, 6.07) is 10.2. The van der Waals surface area contributed by atoms with Gasteiger partial charge in [0.25, 0.3) is 5.91 Å². The van der Waals surface area contributed by atoms with Crippen molar-refractivity contribution in [2.24, 2.45) is 5.73 Å². The molecule has 0 aliphatic rings. The van der Waals surface area contributed by atoms with Crippen LogP contribution in [0.4, 0.5) is 4.39 Å². The van der Waals surface area contributed by atoms with Crippen LogP contribution in [0.1, 0.15) is 15.9 Å². The van der Waals surface area contributed by atoms with E-state index in [-0.39, 0.29) is 18.0 Å². The van der Waals surface area contributed by atoms with Crippen LogP contribution in [-0.4, -0.2) is 22.7 Å². The molecule has 0 aliphatic carbocycles. The summed E-state index contributed by atoms with van der Waals surface area (Å²) in [6.45, 7) is 0.776. The Hall–Kier alpha value is -2.44. The lowest BCUT2D eigenvalue weighted by Crippen LogP contribution is -2.12. The highest BCUT2D eigenvalue weighted by Crippen LogP contribution is 2.21. The molecule has 3 rings (SSSR count). The van der Waals surface area contributed by atoms with Crippen LogP contribution in [0.3, 0.4) is 0 Å². The molecule has 0 saturated carbocycles. The van der Waals surface area contributed by atoms with E-state index in [4.69, 9.17) is 5.73 Å². The predicted molar refractivity (Wildman–Crippen MR) is 89.6 cm³/mol. The van der Waals surface area contributed by atoms with E-state index in [9.17, 15) is 9.18 Å². The number of halogens is 2. The Kier molecular flexibility index (Phi) is 4.98. The molecule has 0 atom stereocenters. The lowest BCUT2D eigenvalue weighted by Gasteiger charge is -2.03. The van der Waals surface area contributed by atoms with Crippen LogP contribution in [0.2, 0.25) is 0 Å². The normalized spacial score (nSPS) is 10.5. The van der Waals surface area contributed by atoms with Crippen molar-refractivity contribution in [2.75, 3.05) is 7.05 Å². The third-order valence-corrected chi connectivity index (χ3v) is 3.42. The number of hydrogen-bond donors (Lipinski definition) is 2. The van der Waals surface area contributed by atoms with Gasteiger partial charge >= 0.3 is 0 Å². The smallest absolute Gasteiger partial charge is 0.251 e. The maximum atomic E-state index is 13.6. The second-order valence-corrected chi connectivity index (χ2v) is 5.03. The third-order valence-electron chi connectivity index (χ3n) is 3.42. The number of fused-ring (bicyclic) bond motifs is 1. The molecule has 0 saturated heterocycles. The van der Waals surface area contributed by atoms with E-state index in [1.807, 2.05) is 31.3 Å². The van der Waals surface area contributed by atoms with Gasteiger partial charge in [0.2, 0.25) is 0 Å². The van der Waals surface area contributed by atoms with Gasteiger partial charge in [0, 0.05) is 18.1 Å². The molecular weight excluding hydrogens is 319 g/mol. The van der Waals surface area contributed by atoms with Gasteiger partial charge in [-0.3, -0.25) is 4.79 Å². The van der Waals surface area contributed by atoms with Gasteiger partial charge in [-0.15, -0.1) is 12.4 Å². The fraction of sp³-hybridized carbons (Fsp3) is 0.125. The summed E-state index contributed by atoms with van der Waals surface area (Å²) in [7, 11) is 1.88. The molecule has 1 amide bonds. The zero-order valence-corrected chi connectivity index (χ0v) is 13.2. The van der Waals surface area contributed by atoms with E-state index in [1.54, 1.807) is 10.9 Å². The van der Waals surface area contributed by atoms with Gasteiger partial charge in [-0.1, -0.05) is 12.1 Å². The maximum absolute atomic E-state index is 13.6. The van der Waals surface area contributed by atoms with Crippen LogP contribution in [0.25, 0.3) is 16.6 Å². The zero-order chi connectivity index (χ0) is 15.7. The molecule has 120 valence electrons. The monoisotopic (exact) mass is 334 g/mol. The Bertz CT molecular complexity index is 845. The van der Waals surface area contributed by atoms with Crippen LogP contribution in [-0.2, 0) is 6.54 Å². The molecule has 2 aromatic carbocycles. The van der Waals surface area contributed by atoms with Crippen molar-refractivity contribution in [1.29, 1.82) is 0 Å². The van der Waals surface area contributed by atoms with Gasteiger partial charge in [0.05, 0.1) is 11.3 Å². The standard InChI is InChI=1S/C16H15FN4O.ClH/c1-19-8-10-2-4-13(5-3-10)21-9-11-6-12(17)7-14(16(18)22)15(11)20-21;/h2-7,9,19H,8H2,1H3,(H2,18,22);1H. The first-order valence-corrected chi connectivity index (χ1v) is 6.81. The average Bonchev–Trinajstić information content (AvgIpc) is 2.91. The fourth-order valence-electron chi connectivity index (χ4n) is 2.39. The molecule has 5 nitrogen and oxygen atoms in total. The summed E-state index contributed by atoms with van der Waals surface area (Å²) in [6.07, 6.45) is 1.68. The number of primary amides is 1. The lowest BCUT2D eigenvalue weighted by atomic mass is 10.1. The van der Waals surface area contributed by atoms with Crippen LogP contribution in [0, 0.1) is 5.82 Å². The van der Waals surface area contributed by atoms with E-state index in [2.05, 4.69) is 10.4 Å². The molecule has 7 heteroatoms. The summed E-state index contributed by atoms with van der Waals surface area (Å²) in [5.41, 5.74) is 7.74. The molecular formula is C16H16ClFN4O. The number of hydrogen-bond acceptors (Lipinski definition) is 3. The minimum atomic E-state index is -0.695.